The third-order valence-electron chi connectivity index (χ3n) is 5.40. The Balaban J connectivity index is 1.26. The van der Waals surface area contributed by atoms with Crippen molar-refractivity contribution in [2.45, 2.75) is 24.7 Å². The molecule has 0 saturated carbocycles. The summed E-state index contributed by atoms with van der Waals surface area (Å²) in [4.78, 5) is 26.7. The van der Waals surface area contributed by atoms with Crippen LogP contribution in [0.25, 0.3) is 10.7 Å². The summed E-state index contributed by atoms with van der Waals surface area (Å²) in [7, 11) is 0. The number of likely N-dealkylation sites (tertiary alicyclic amines) is 1. The van der Waals surface area contributed by atoms with Crippen molar-refractivity contribution in [3.63, 3.8) is 0 Å². The normalized spacial score (nSPS) is 24.6. The summed E-state index contributed by atoms with van der Waals surface area (Å²) >= 11 is 1.22. The lowest BCUT2D eigenvalue weighted by Gasteiger charge is -2.38. The zero-order valence-electron chi connectivity index (χ0n) is 15.1. The number of ether oxygens (including phenoxy) is 1. The molecule has 3 aliphatic rings. The molecule has 29 heavy (non-hydrogen) atoms. The number of hydrogen-bond acceptors (Lipinski definition) is 8. The number of halogens is 3. The van der Waals surface area contributed by atoms with Gasteiger partial charge in [-0.25, -0.2) is 9.78 Å². The molecule has 2 aromatic heterocycles. The Labute approximate surface area is 167 Å². The van der Waals surface area contributed by atoms with Crippen LogP contribution in [-0.4, -0.2) is 82.4 Å². The maximum absolute atomic E-state index is 12.8. The molecule has 0 spiro atoms. The molecule has 5 heterocycles. The molecule has 2 bridgehead atoms. The van der Waals surface area contributed by atoms with Crippen LogP contribution < -0.4 is 4.90 Å². The Morgan fingerprint density at radius 2 is 2.00 bits per heavy atom. The van der Waals surface area contributed by atoms with Crippen LogP contribution in [0, 0.1) is 0 Å². The predicted octanol–water partition coefficient (Wildman–Crippen LogP) is 1.93. The van der Waals surface area contributed by atoms with Crippen LogP contribution in [0.4, 0.5) is 23.1 Å². The molecule has 0 aliphatic carbocycles. The highest BCUT2D eigenvalue weighted by molar-refractivity contribution is 7.18. The number of anilines is 1. The number of amides is 2. The number of carbonyl (C=O) groups excluding carboxylic acids is 1. The van der Waals surface area contributed by atoms with Crippen LogP contribution in [0.3, 0.4) is 0 Å². The molecule has 3 saturated heterocycles. The first-order valence-electron chi connectivity index (χ1n) is 9.17. The first kappa shape index (κ1) is 18.6. The van der Waals surface area contributed by atoms with Crippen molar-refractivity contribution in [3.05, 3.63) is 12.1 Å². The number of nitrogens with zero attached hydrogens (tertiary/aromatic N) is 6. The minimum absolute atomic E-state index is 0.0479. The van der Waals surface area contributed by atoms with Gasteiger partial charge in [0.05, 0.1) is 36.4 Å². The average Bonchev–Trinajstić information content (AvgIpc) is 3.49. The molecule has 0 radical (unpaired) electrons. The lowest BCUT2D eigenvalue weighted by molar-refractivity contribution is -0.159. The summed E-state index contributed by atoms with van der Waals surface area (Å²) in [6.45, 7) is 3.60. The van der Waals surface area contributed by atoms with Crippen LogP contribution in [0.5, 0.6) is 0 Å². The summed E-state index contributed by atoms with van der Waals surface area (Å²) in [6, 6.07) is 0.288. The Morgan fingerprint density at radius 3 is 2.66 bits per heavy atom. The molecular formula is C16H17F3N6O3S. The molecule has 2 amide bonds. The number of carbonyl (C=O) groups is 1. The highest BCUT2D eigenvalue weighted by Crippen LogP contribution is 2.39. The lowest BCUT2D eigenvalue weighted by atomic mass is 10.2. The first-order chi connectivity index (χ1) is 13.9. The van der Waals surface area contributed by atoms with Gasteiger partial charge >= 0.3 is 18.1 Å². The van der Waals surface area contributed by atoms with Crippen molar-refractivity contribution in [3.8, 4) is 10.7 Å². The number of morpholine rings is 1. The van der Waals surface area contributed by atoms with Crippen LogP contribution in [0.2, 0.25) is 0 Å². The molecular weight excluding hydrogens is 413 g/mol. The van der Waals surface area contributed by atoms with Gasteiger partial charge in [-0.1, -0.05) is 16.5 Å². The van der Waals surface area contributed by atoms with Gasteiger partial charge < -0.3 is 24.0 Å². The third kappa shape index (κ3) is 3.31. The van der Waals surface area contributed by atoms with Crippen LogP contribution in [-0.2, 0) is 10.9 Å². The van der Waals surface area contributed by atoms with E-state index in [4.69, 9.17) is 4.74 Å². The number of rotatable bonds is 2. The van der Waals surface area contributed by atoms with E-state index in [9.17, 15) is 18.0 Å². The second-order valence-electron chi connectivity index (χ2n) is 7.16. The maximum atomic E-state index is 12.8. The van der Waals surface area contributed by atoms with Gasteiger partial charge in [-0.15, -0.1) is 0 Å². The van der Waals surface area contributed by atoms with Gasteiger partial charge in [0.25, 0.3) is 0 Å². The number of aromatic nitrogens is 3. The van der Waals surface area contributed by atoms with Crippen molar-refractivity contribution >= 4 is 22.5 Å². The van der Waals surface area contributed by atoms with Crippen LogP contribution >= 0.6 is 11.3 Å². The van der Waals surface area contributed by atoms with E-state index in [1.807, 2.05) is 9.80 Å². The molecule has 0 aromatic carbocycles. The van der Waals surface area contributed by atoms with Crippen molar-refractivity contribution in [1.29, 1.82) is 0 Å². The summed E-state index contributed by atoms with van der Waals surface area (Å²) in [5.74, 6) is -1.51. The Bertz CT molecular complexity index is 912. The van der Waals surface area contributed by atoms with E-state index >= 15 is 0 Å². The van der Waals surface area contributed by atoms with E-state index in [0.717, 1.165) is 6.42 Å². The second-order valence-corrected chi connectivity index (χ2v) is 8.17. The Kier molecular flexibility index (Phi) is 4.38. The van der Waals surface area contributed by atoms with Gasteiger partial charge in [0.15, 0.2) is 5.13 Å². The minimum atomic E-state index is -4.68. The monoisotopic (exact) mass is 430 g/mol. The van der Waals surface area contributed by atoms with E-state index in [2.05, 4.69) is 24.5 Å². The van der Waals surface area contributed by atoms with Gasteiger partial charge in [0.2, 0.25) is 5.82 Å². The predicted molar refractivity (Wildman–Crippen MR) is 94.4 cm³/mol. The van der Waals surface area contributed by atoms with Gasteiger partial charge in [-0.3, -0.25) is 0 Å². The standard InChI is InChI=1S/C16H17F3N6O3S/c17-16(18,19)13-21-12(22-28-13)11-6-20-14(29-11)24-7-10-5-9(24)8-25(10)15(26)23-1-3-27-4-2-23/h6,9-10H,1-5,7-8H2. The zero-order valence-corrected chi connectivity index (χ0v) is 15.9. The molecule has 5 rings (SSSR count). The molecule has 13 heteroatoms. The fourth-order valence-corrected chi connectivity index (χ4v) is 4.93. The molecule has 2 atom stereocenters. The molecule has 3 fully saturated rings. The van der Waals surface area contributed by atoms with Crippen molar-refractivity contribution in [1.82, 2.24) is 24.9 Å². The van der Waals surface area contributed by atoms with Crippen molar-refractivity contribution < 1.29 is 27.2 Å². The topological polar surface area (TPSA) is 87.8 Å². The lowest BCUT2D eigenvalue weighted by Crippen LogP contribution is -2.55. The molecule has 0 N–H and O–H groups in total. The van der Waals surface area contributed by atoms with Crippen LogP contribution in [0.15, 0.2) is 10.7 Å². The van der Waals surface area contributed by atoms with E-state index in [0.29, 0.717) is 49.4 Å². The number of hydrogen-bond donors (Lipinski definition) is 0. The summed E-state index contributed by atoms with van der Waals surface area (Å²) in [6.07, 6.45) is -2.37. The van der Waals surface area contributed by atoms with Gasteiger partial charge in [0.1, 0.15) is 0 Å². The van der Waals surface area contributed by atoms with Gasteiger partial charge in [0, 0.05) is 26.2 Å². The maximum Gasteiger partial charge on any atom is 0.471 e. The third-order valence-corrected chi connectivity index (χ3v) is 6.43. The molecule has 2 unspecified atom stereocenters. The smallest absolute Gasteiger partial charge is 0.378 e. The number of piperazine rings is 1. The number of alkyl halides is 3. The summed E-state index contributed by atoms with van der Waals surface area (Å²) < 4.78 is 47.5. The number of fused-ring (bicyclic) bond motifs is 2. The fourth-order valence-electron chi connectivity index (χ4n) is 4.01. The Hall–Kier alpha value is -2.41. The summed E-state index contributed by atoms with van der Waals surface area (Å²) in [5, 5.41) is 4.09. The number of thiazole rings is 1. The molecule has 9 nitrogen and oxygen atoms in total. The highest BCUT2D eigenvalue weighted by atomic mass is 32.1. The van der Waals surface area contributed by atoms with E-state index in [1.165, 1.54) is 17.5 Å². The minimum Gasteiger partial charge on any atom is -0.378 e. The fraction of sp³-hybridized carbons (Fsp3) is 0.625. The number of urea groups is 1. The van der Waals surface area contributed by atoms with E-state index in [-0.39, 0.29) is 23.9 Å². The van der Waals surface area contributed by atoms with Gasteiger partial charge in [-0.05, 0) is 6.42 Å². The molecule has 3 aliphatic heterocycles. The van der Waals surface area contributed by atoms with E-state index < -0.39 is 12.1 Å². The molecule has 2 aromatic rings. The Morgan fingerprint density at radius 1 is 1.21 bits per heavy atom. The zero-order chi connectivity index (χ0) is 20.2. The second kappa shape index (κ2) is 6.83. The first-order valence-corrected chi connectivity index (χ1v) is 9.99. The average molecular weight is 430 g/mol. The highest BCUT2D eigenvalue weighted by Gasteiger charge is 2.47. The van der Waals surface area contributed by atoms with Gasteiger partial charge in [-0.2, -0.15) is 18.2 Å². The van der Waals surface area contributed by atoms with E-state index in [1.54, 1.807) is 0 Å². The molecule has 156 valence electrons. The SMILES string of the molecule is O=C(N1CCOCC1)N1CC2CC1CN2c1ncc(-c2noc(C(F)(F)F)n2)s1. The quantitative estimate of drug-likeness (QED) is 0.719. The van der Waals surface area contributed by atoms with Crippen LogP contribution in [0.1, 0.15) is 12.3 Å². The largest absolute Gasteiger partial charge is 0.471 e. The van der Waals surface area contributed by atoms with Crippen molar-refractivity contribution in [2.75, 3.05) is 44.3 Å². The van der Waals surface area contributed by atoms with Crippen molar-refractivity contribution in [2.24, 2.45) is 0 Å². The summed E-state index contributed by atoms with van der Waals surface area (Å²) in [5.41, 5.74) is 0.